The first-order valence-corrected chi connectivity index (χ1v) is 6.55. The Morgan fingerprint density at radius 3 is 2.61 bits per heavy atom. The Morgan fingerprint density at radius 2 is 2.06 bits per heavy atom. The fourth-order valence-corrected chi connectivity index (χ4v) is 1.69. The van der Waals surface area contributed by atoms with Gasteiger partial charge >= 0.3 is 5.97 Å². The van der Waals surface area contributed by atoms with Crippen molar-refractivity contribution >= 4 is 12.0 Å². The summed E-state index contributed by atoms with van der Waals surface area (Å²) in [5.74, 6) is -0.187. The van der Waals surface area contributed by atoms with Crippen LogP contribution in [0.15, 0.2) is 30.8 Å². The van der Waals surface area contributed by atoms with E-state index in [9.17, 15) is 4.79 Å². The number of hydrogen-bond acceptors (Lipinski definition) is 2. The average Bonchev–Trinajstić information content (AvgIpc) is 2.39. The van der Waals surface area contributed by atoms with Gasteiger partial charge in [-0.05, 0) is 24.0 Å². The van der Waals surface area contributed by atoms with E-state index >= 15 is 0 Å². The standard InChI is InChI=1S/C16H22O2/c1-4-6-11-18-16(17)13(3)12-15-9-7-14(5-2)8-10-15/h5,7-10,13H,2,4,6,11-12H2,1,3H3. The molecule has 0 amide bonds. The molecule has 0 aliphatic heterocycles. The van der Waals surface area contributed by atoms with Gasteiger partial charge in [-0.3, -0.25) is 4.79 Å². The summed E-state index contributed by atoms with van der Waals surface area (Å²) in [6.07, 6.45) is 4.52. The van der Waals surface area contributed by atoms with Crippen LogP contribution in [0.3, 0.4) is 0 Å². The molecule has 1 rings (SSSR count). The Bertz CT molecular complexity index is 379. The molecule has 0 radical (unpaired) electrons. The van der Waals surface area contributed by atoms with E-state index in [0.717, 1.165) is 30.4 Å². The van der Waals surface area contributed by atoms with E-state index in [0.29, 0.717) is 6.61 Å². The molecule has 1 unspecified atom stereocenters. The molecular weight excluding hydrogens is 224 g/mol. The molecular formula is C16H22O2. The summed E-state index contributed by atoms with van der Waals surface area (Å²) in [4.78, 5) is 11.7. The van der Waals surface area contributed by atoms with Crippen LogP contribution in [0.2, 0.25) is 0 Å². The van der Waals surface area contributed by atoms with E-state index in [1.165, 1.54) is 0 Å². The second-order valence-electron chi connectivity index (χ2n) is 4.57. The SMILES string of the molecule is C=Cc1ccc(CC(C)C(=O)OCCCC)cc1. The summed E-state index contributed by atoms with van der Waals surface area (Å²) < 4.78 is 5.21. The van der Waals surface area contributed by atoms with Gasteiger partial charge in [0, 0.05) is 0 Å². The normalized spacial score (nSPS) is 11.9. The van der Waals surface area contributed by atoms with Gasteiger partial charge in [0.2, 0.25) is 0 Å². The molecule has 0 bridgehead atoms. The van der Waals surface area contributed by atoms with Crippen LogP contribution in [0.4, 0.5) is 0 Å². The molecule has 1 aromatic rings. The first-order chi connectivity index (χ1) is 8.67. The zero-order valence-corrected chi connectivity index (χ0v) is 11.3. The van der Waals surface area contributed by atoms with Crippen LogP contribution < -0.4 is 0 Å². The van der Waals surface area contributed by atoms with E-state index in [1.54, 1.807) is 0 Å². The molecule has 0 N–H and O–H groups in total. The second-order valence-corrected chi connectivity index (χ2v) is 4.57. The predicted octanol–water partition coefficient (Wildman–Crippen LogP) is 3.85. The first-order valence-electron chi connectivity index (χ1n) is 6.55. The van der Waals surface area contributed by atoms with Crippen molar-refractivity contribution in [1.82, 2.24) is 0 Å². The van der Waals surface area contributed by atoms with Gasteiger partial charge in [-0.2, -0.15) is 0 Å². The Labute approximate surface area is 110 Å². The summed E-state index contributed by atoms with van der Waals surface area (Å²) in [7, 11) is 0. The number of hydrogen-bond donors (Lipinski definition) is 0. The molecule has 1 atom stereocenters. The fourth-order valence-electron chi connectivity index (χ4n) is 1.69. The van der Waals surface area contributed by atoms with Crippen molar-refractivity contribution in [3.63, 3.8) is 0 Å². The molecule has 0 aromatic heterocycles. The zero-order valence-electron chi connectivity index (χ0n) is 11.3. The van der Waals surface area contributed by atoms with Crippen molar-refractivity contribution in [2.45, 2.75) is 33.1 Å². The molecule has 0 saturated carbocycles. The van der Waals surface area contributed by atoms with E-state index in [1.807, 2.05) is 37.3 Å². The molecule has 2 nitrogen and oxygen atoms in total. The highest BCUT2D eigenvalue weighted by Gasteiger charge is 2.14. The maximum Gasteiger partial charge on any atom is 0.308 e. The minimum absolute atomic E-state index is 0.0866. The van der Waals surface area contributed by atoms with Gasteiger partial charge in [0.05, 0.1) is 12.5 Å². The lowest BCUT2D eigenvalue weighted by Gasteiger charge is -2.11. The summed E-state index contributed by atoms with van der Waals surface area (Å²) >= 11 is 0. The lowest BCUT2D eigenvalue weighted by Crippen LogP contribution is -2.17. The van der Waals surface area contributed by atoms with Crippen molar-refractivity contribution in [1.29, 1.82) is 0 Å². The lowest BCUT2D eigenvalue weighted by atomic mass is 10.0. The summed E-state index contributed by atoms with van der Waals surface area (Å²) in [5, 5.41) is 0. The number of carbonyl (C=O) groups excluding carboxylic acids is 1. The highest BCUT2D eigenvalue weighted by molar-refractivity contribution is 5.72. The largest absolute Gasteiger partial charge is 0.465 e. The molecule has 1 aromatic carbocycles. The van der Waals surface area contributed by atoms with Gasteiger partial charge in [-0.15, -0.1) is 0 Å². The first kappa shape index (κ1) is 14.5. The van der Waals surface area contributed by atoms with E-state index < -0.39 is 0 Å². The monoisotopic (exact) mass is 246 g/mol. The second kappa shape index (κ2) is 7.70. The van der Waals surface area contributed by atoms with Crippen molar-refractivity contribution in [2.75, 3.05) is 6.61 Å². The van der Waals surface area contributed by atoms with Crippen molar-refractivity contribution in [2.24, 2.45) is 5.92 Å². The third-order valence-electron chi connectivity index (χ3n) is 2.90. The van der Waals surface area contributed by atoms with Crippen molar-refractivity contribution in [3.8, 4) is 0 Å². The number of rotatable bonds is 7. The zero-order chi connectivity index (χ0) is 13.4. The fraction of sp³-hybridized carbons (Fsp3) is 0.438. The van der Waals surface area contributed by atoms with Crippen LogP contribution in [-0.2, 0) is 16.0 Å². The Hall–Kier alpha value is -1.57. The van der Waals surface area contributed by atoms with Crippen LogP contribution in [0.25, 0.3) is 6.08 Å². The number of benzene rings is 1. The van der Waals surface area contributed by atoms with Crippen LogP contribution in [0.5, 0.6) is 0 Å². The molecule has 2 heteroatoms. The van der Waals surface area contributed by atoms with E-state index in [4.69, 9.17) is 4.74 Å². The lowest BCUT2D eigenvalue weighted by molar-refractivity contribution is -0.148. The molecule has 0 heterocycles. The smallest absolute Gasteiger partial charge is 0.308 e. The van der Waals surface area contributed by atoms with Crippen molar-refractivity contribution in [3.05, 3.63) is 42.0 Å². The predicted molar refractivity (Wildman–Crippen MR) is 75.3 cm³/mol. The Morgan fingerprint density at radius 1 is 1.39 bits per heavy atom. The molecule has 0 fully saturated rings. The molecule has 0 aliphatic rings. The number of carbonyl (C=O) groups is 1. The van der Waals surface area contributed by atoms with E-state index in [2.05, 4.69) is 13.5 Å². The summed E-state index contributed by atoms with van der Waals surface area (Å²) in [5.41, 5.74) is 2.25. The molecule has 0 spiro atoms. The van der Waals surface area contributed by atoms with Crippen LogP contribution in [-0.4, -0.2) is 12.6 Å². The molecule has 98 valence electrons. The van der Waals surface area contributed by atoms with E-state index in [-0.39, 0.29) is 11.9 Å². The minimum Gasteiger partial charge on any atom is -0.465 e. The van der Waals surface area contributed by atoms with Gasteiger partial charge < -0.3 is 4.74 Å². The Kier molecular flexibility index (Phi) is 6.20. The number of unbranched alkanes of at least 4 members (excludes halogenated alkanes) is 1. The maximum absolute atomic E-state index is 11.7. The van der Waals surface area contributed by atoms with Crippen LogP contribution >= 0.6 is 0 Å². The van der Waals surface area contributed by atoms with Gasteiger partial charge in [0.25, 0.3) is 0 Å². The molecule has 0 saturated heterocycles. The molecule has 0 aliphatic carbocycles. The van der Waals surface area contributed by atoms with Crippen LogP contribution in [0.1, 0.15) is 37.8 Å². The number of esters is 1. The van der Waals surface area contributed by atoms with Crippen molar-refractivity contribution < 1.29 is 9.53 Å². The van der Waals surface area contributed by atoms with Gasteiger partial charge in [-0.1, -0.05) is 57.2 Å². The van der Waals surface area contributed by atoms with Gasteiger partial charge in [-0.25, -0.2) is 0 Å². The highest BCUT2D eigenvalue weighted by atomic mass is 16.5. The minimum atomic E-state index is -0.101. The Balaban J connectivity index is 2.44. The average molecular weight is 246 g/mol. The summed E-state index contributed by atoms with van der Waals surface area (Å²) in [6.45, 7) is 8.25. The summed E-state index contributed by atoms with van der Waals surface area (Å²) in [6, 6.07) is 8.09. The van der Waals surface area contributed by atoms with Gasteiger partial charge in [0.15, 0.2) is 0 Å². The maximum atomic E-state index is 11.7. The third-order valence-corrected chi connectivity index (χ3v) is 2.90. The quantitative estimate of drug-likeness (QED) is 0.539. The topological polar surface area (TPSA) is 26.3 Å². The molecule has 18 heavy (non-hydrogen) atoms. The third kappa shape index (κ3) is 4.74. The van der Waals surface area contributed by atoms with Gasteiger partial charge in [0.1, 0.15) is 0 Å². The van der Waals surface area contributed by atoms with Crippen LogP contribution in [0, 0.1) is 5.92 Å². The highest BCUT2D eigenvalue weighted by Crippen LogP contribution is 2.12. The number of ether oxygens (including phenoxy) is 1.